The Morgan fingerprint density at radius 2 is 1.90 bits per heavy atom. The molecule has 58 valence electrons. The van der Waals surface area contributed by atoms with Gasteiger partial charge in [0.15, 0.2) is 0 Å². The lowest BCUT2D eigenvalue weighted by molar-refractivity contribution is -0.136. The van der Waals surface area contributed by atoms with Crippen LogP contribution in [0.2, 0.25) is 0 Å². The molecule has 0 bridgehead atoms. The third-order valence-corrected chi connectivity index (χ3v) is 1.22. The van der Waals surface area contributed by atoms with E-state index in [9.17, 15) is 9.59 Å². The molecule has 2 N–H and O–H groups in total. The summed E-state index contributed by atoms with van der Waals surface area (Å²) >= 11 is 0. The van der Waals surface area contributed by atoms with E-state index in [1.165, 1.54) is 0 Å². The zero-order valence-electron chi connectivity index (χ0n) is 6.39. The van der Waals surface area contributed by atoms with Crippen LogP contribution in [0.4, 0.5) is 0 Å². The highest BCUT2D eigenvalue weighted by molar-refractivity contribution is 6.35. The molecule has 0 aliphatic rings. The number of carbonyl (C=O) groups is 2. The fourth-order valence-corrected chi connectivity index (χ4v) is 0.543. The Morgan fingerprint density at radius 3 is 2.20 bits per heavy atom. The van der Waals surface area contributed by atoms with Crippen molar-refractivity contribution in [2.75, 3.05) is 0 Å². The molecular formula is C7H13NO2. The molecule has 0 spiro atoms. The molecule has 0 saturated carbocycles. The summed E-state index contributed by atoms with van der Waals surface area (Å²) in [6, 6.07) is 0. The smallest absolute Gasteiger partial charge is 0.284 e. The van der Waals surface area contributed by atoms with Crippen molar-refractivity contribution in [2.45, 2.75) is 26.7 Å². The van der Waals surface area contributed by atoms with Crippen LogP contribution in [0, 0.1) is 5.92 Å². The second kappa shape index (κ2) is 4.04. The summed E-state index contributed by atoms with van der Waals surface area (Å²) in [5, 5.41) is 0. The van der Waals surface area contributed by atoms with E-state index in [2.05, 4.69) is 0 Å². The van der Waals surface area contributed by atoms with Gasteiger partial charge in [0.05, 0.1) is 0 Å². The molecule has 3 heteroatoms. The quantitative estimate of drug-likeness (QED) is 0.582. The second-order valence-electron chi connectivity index (χ2n) is 2.72. The van der Waals surface area contributed by atoms with E-state index >= 15 is 0 Å². The summed E-state index contributed by atoms with van der Waals surface area (Å²) < 4.78 is 0. The predicted octanol–water partition coefficient (Wildman–Crippen LogP) is 0.477. The van der Waals surface area contributed by atoms with Crippen LogP contribution in [0.5, 0.6) is 0 Å². The van der Waals surface area contributed by atoms with Crippen molar-refractivity contribution in [2.24, 2.45) is 11.7 Å². The Balaban J connectivity index is 3.50. The Labute approximate surface area is 60.6 Å². The van der Waals surface area contributed by atoms with Crippen molar-refractivity contribution in [1.82, 2.24) is 0 Å². The summed E-state index contributed by atoms with van der Waals surface area (Å²) in [6.07, 6.45) is 1.02. The SMILES string of the molecule is CC(C)CCC(=O)C(N)=O. The summed E-state index contributed by atoms with van der Waals surface area (Å²) in [7, 11) is 0. The molecule has 0 aromatic rings. The van der Waals surface area contributed by atoms with Gasteiger partial charge in [0.25, 0.3) is 5.91 Å². The van der Waals surface area contributed by atoms with Gasteiger partial charge in [-0.3, -0.25) is 9.59 Å². The Bertz CT molecular complexity index is 141. The maximum atomic E-state index is 10.6. The van der Waals surface area contributed by atoms with Gasteiger partial charge >= 0.3 is 0 Å². The van der Waals surface area contributed by atoms with E-state index in [-0.39, 0.29) is 6.42 Å². The summed E-state index contributed by atoms with van der Waals surface area (Å²) in [6.45, 7) is 3.99. The molecule has 0 fully saturated rings. The first-order chi connectivity index (χ1) is 4.54. The molecule has 0 heterocycles. The van der Waals surface area contributed by atoms with Crippen molar-refractivity contribution in [3.63, 3.8) is 0 Å². The maximum Gasteiger partial charge on any atom is 0.284 e. The van der Waals surface area contributed by atoms with Crippen LogP contribution in [0.25, 0.3) is 0 Å². The minimum Gasteiger partial charge on any atom is -0.363 e. The number of nitrogens with two attached hydrogens (primary N) is 1. The van der Waals surface area contributed by atoms with Gasteiger partial charge in [0, 0.05) is 6.42 Å². The molecule has 0 rings (SSSR count). The second-order valence-corrected chi connectivity index (χ2v) is 2.72. The molecule has 0 aromatic carbocycles. The lowest BCUT2D eigenvalue weighted by Crippen LogP contribution is -2.22. The summed E-state index contributed by atoms with van der Waals surface area (Å²) in [5.74, 6) is -0.836. The highest BCUT2D eigenvalue weighted by atomic mass is 16.2. The monoisotopic (exact) mass is 143 g/mol. The normalized spacial score (nSPS) is 9.90. The fraction of sp³-hybridized carbons (Fsp3) is 0.714. The predicted molar refractivity (Wildman–Crippen MR) is 38.3 cm³/mol. The van der Waals surface area contributed by atoms with Gasteiger partial charge in [-0.05, 0) is 12.3 Å². The molecule has 0 aliphatic carbocycles. The number of hydrogen-bond acceptors (Lipinski definition) is 2. The Kier molecular flexibility index (Phi) is 3.69. The standard InChI is InChI=1S/C7H13NO2/c1-5(2)3-4-6(9)7(8)10/h5H,3-4H2,1-2H3,(H2,8,10). The molecule has 0 radical (unpaired) electrons. The lowest BCUT2D eigenvalue weighted by atomic mass is 10.1. The highest BCUT2D eigenvalue weighted by Crippen LogP contribution is 2.02. The number of carbonyl (C=O) groups excluding carboxylic acids is 2. The van der Waals surface area contributed by atoms with E-state index in [0.717, 1.165) is 6.42 Å². The van der Waals surface area contributed by atoms with Crippen LogP contribution in [-0.2, 0) is 9.59 Å². The molecular weight excluding hydrogens is 130 g/mol. The first kappa shape index (κ1) is 9.14. The Hall–Kier alpha value is -0.860. The average Bonchev–Trinajstić information content (AvgIpc) is 1.82. The van der Waals surface area contributed by atoms with Gasteiger partial charge in [-0.15, -0.1) is 0 Å². The van der Waals surface area contributed by atoms with Gasteiger partial charge in [0.1, 0.15) is 0 Å². The molecule has 3 nitrogen and oxygen atoms in total. The van der Waals surface area contributed by atoms with Gasteiger partial charge in [-0.1, -0.05) is 13.8 Å². The van der Waals surface area contributed by atoms with Gasteiger partial charge in [-0.2, -0.15) is 0 Å². The van der Waals surface area contributed by atoms with Gasteiger partial charge in [-0.25, -0.2) is 0 Å². The summed E-state index contributed by atoms with van der Waals surface area (Å²) in [5.41, 5.74) is 4.73. The number of amides is 1. The van der Waals surface area contributed by atoms with Crippen LogP contribution in [-0.4, -0.2) is 11.7 Å². The number of hydrogen-bond donors (Lipinski definition) is 1. The number of ketones is 1. The molecule has 0 saturated heterocycles. The van der Waals surface area contributed by atoms with Crippen molar-refractivity contribution in [3.8, 4) is 0 Å². The average molecular weight is 143 g/mol. The molecule has 0 atom stereocenters. The first-order valence-electron chi connectivity index (χ1n) is 3.36. The van der Waals surface area contributed by atoms with E-state index in [4.69, 9.17) is 5.73 Å². The van der Waals surface area contributed by atoms with Gasteiger partial charge < -0.3 is 5.73 Å². The van der Waals surface area contributed by atoms with Gasteiger partial charge in [0.2, 0.25) is 5.78 Å². The number of Topliss-reactive ketones (excluding diaryl/α,β-unsaturated/α-hetero) is 1. The lowest BCUT2D eigenvalue weighted by Gasteiger charge is -1.99. The van der Waals surface area contributed by atoms with Crippen LogP contribution in [0.1, 0.15) is 26.7 Å². The maximum absolute atomic E-state index is 10.6. The molecule has 0 aliphatic heterocycles. The highest BCUT2D eigenvalue weighted by Gasteiger charge is 2.08. The third-order valence-electron chi connectivity index (χ3n) is 1.22. The van der Waals surface area contributed by atoms with Crippen molar-refractivity contribution in [1.29, 1.82) is 0 Å². The van der Waals surface area contributed by atoms with Crippen molar-refractivity contribution in [3.05, 3.63) is 0 Å². The van der Waals surface area contributed by atoms with E-state index < -0.39 is 11.7 Å². The van der Waals surface area contributed by atoms with Crippen molar-refractivity contribution >= 4 is 11.7 Å². The van der Waals surface area contributed by atoms with Crippen LogP contribution < -0.4 is 5.73 Å². The number of primary amides is 1. The van der Waals surface area contributed by atoms with Crippen molar-refractivity contribution < 1.29 is 9.59 Å². The van der Waals surface area contributed by atoms with E-state index in [0.29, 0.717) is 5.92 Å². The van der Waals surface area contributed by atoms with Crippen LogP contribution in [0.3, 0.4) is 0 Å². The molecule has 0 aromatic heterocycles. The third kappa shape index (κ3) is 4.06. The number of rotatable bonds is 4. The van der Waals surface area contributed by atoms with E-state index in [1.807, 2.05) is 13.8 Å². The fourth-order valence-electron chi connectivity index (χ4n) is 0.543. The molecule has 10 heavy (non-hydrogen) atoms. The largest absolute Gasteiger partial charge is 0.363 e. The topological polar surface area (TPSA) is 60.2 Å². The minimum absolute atomic E-state index is 0.285. The minimum atomic E-state index is -0.819. The molecule has 0 unspecified atom stereocenters. The summed E-state index contributed by atoms with van der Waals surface area (Å²) in [4.78, 5) is 20.8. The Morgan fingerprint density at radius 1 is 1.40 bits per heavy atom. The van der Waals surface area contributed by atoms with E-state index in [1.54, 1.807) is 0 Å². The first-order valence-corrected chi connectivity index (χ1v) is 3.36. The van der Waals surface area contributed by atoms with Crippen LogP contribution >= 0.6 is 0 Å². The molecule has 1 amide bonds. The van der Waals surface area contributed by atoms with Crippen LogP contribution in [0.15, 0.2) is 0 Å². The zero-order chi connectivity index (χ0) is 8.15. The zero-order valence-corrected chi connectivity index (χ0v) is 6.39.